The van der Waals surface area contributed by atoms with Crippen LogP contribution in [0.15, 0.2) is 11.8 Å². The molecule has 0 aromatic heterocycles. The number of amides is 1. The van der Waals surface area contributed by atoms with Crippen molar-refractivity contribution in [1.82, 2.24) is 5.32 Å². The lowest BCUT2D eigenvalue weighted by molar-refractivity contribution is -0.297. The number of allylic oxidation sites excluding steroid dienone is 1. The largest absolute Gasteiger partial charge is 0.391 e. The van der Waals surface area contributed by atoms with E-state index in [0.717, 1.165) is 5.70 Å². The molecule has 46 valence electrons. The molecule has 0 radical (unpaired) electrons. The van der Waals surface area contributed by atoms with Crippen LogP contribution in [0.25, 0.3) is 0 Å². The van der Waals surface area contributed by atoms with Gasteiger partial charge in [0.15, 0.2) is 0 Å². The Balaban J connectivity index is 3.75. The fourth-order valence-corrected chi connectivity index (χ4v) is 0.314. The first kappa shape index (κ1) is 7.17. The van der Waals surface area contributed by atoms with Gasteiger partial charge in [0.25, 0.3) is 0 Å². The van der Waals surface area contributed by atoms with Crippen LogP contribution in [0.3, 0.4) is 0 Å². The van der Waals surface area contributed by atoms with Gasteiger partial charge in [-0.15, -0.1) is 0 Å². The molecule has 1 amide bonds. The average Bonchev–Trinajstić information content (AvgIpc) is 1.65. The molecule has 0 aromatic rings. The van der Waals surface area contributed by atoms with E-state index >= 15 is 0 Å². The number of rotatable bonds is 2. The van der Waals surface area contributed by atoms with E-state index in [-0.39, 0.29) is 5.91 Å². The minimum atomic E-state index is -0.170. The molecule has 0 aliphatic carbocycles. The Kier molecular flexibility index (Phi) is 2.88. The van der Waals surface area contributed by atoms with E-state index in [0.29, 0.717) is 0 Å². The SMILES string of the molecule is CNC(C)=CC([NH3+])=O. The molecule has 0 heterocycles. The summed E-state index contributed by atoms with van der Waals surface area (Å²) in [6.07, 6.45) is 1.44. The van der Waals surface area contributed by atoms with Crippen molar-refractivity contribution >= 4 is 5.91 Å². The zero-order chi connectivity index (χ0) is 6.57. The lowest BCUT2D eigenvalue weighted by atomic mass is 10.4. The maximum Gasteiger partial charge on any atom is 0.335 e. The van der Waals surface area contributed by atoms with Gasteiger partial charge in [0, 0.05) is 12.7 Å². The van der Waals surface area contributed by atoms with Crippen LogP contribution in [0, 0.1) is 0 Å². The fraction of sp³-hybridized carbons (Fsp3) is 0.400. The van der Waals surface area contributed by atoms with Crippen LogP contribution in [0.2, 0.25) is 0 Å². The molecule has 0 saturated carbocycles. The third-order valence-electron chi connectivity index (χ3n) is 0.772. The minimum Gasteiger partial charge on any atom is -0.391 e. The monoisotopic (exact) mass is 115 g/mol. The summed E-state index contributed by atoms with van der Waals surface area (Å²) in [5.41, 5.74) is 4.01. The predicted octanol–water partition coefficient (Wildman–Crippen LogP) is -1.12. The number of hydrogen-bond donors (Lipinski definition) is 2. The Morgan fingerprint density at radius 1 is 1.75 bits per heavy atom. The third kappa shape index (κ3) is 3.36. The van der Waals surface area contributed by atoms with Crippen LogP contribution >= 0.6 is 0 Å². The second-order valence-electron chi connectivity index (χ2n) is 1.54. The molecule has 0 rings (SSSR count). The summed E-state index contributed by atoms with van der Waals surface area (Å²) in [6.45, 7) is 1.81. The highest BCUT2D eigenvalue weighted by Gasteiger charge is 1.89. The molecule has 0 unspecified atom stereocenters. The molecule has 0 saturated heterocycles. The van der Waals surface area contributed by atoms with Crippen LogP contribution in [0.1, 0.15) is 6.92 Å². The normalized spacial score (nSPS) is 11.1. The topological polar surface area (TPSA) is 56.7 Å². The molecule has 3 nitrogen and oxygen atoms in total. The highest BCUT2D eigenvalue weighted by atomic mass is 16.1. The van der Waals surface area contributed by atoms with Crippen LogP contribution in [0.5, 0.6) is 0 Å². The molecule has 3 heteroatoms. The Morgan fingerprint density at radius 2 is 2.25 bits per heavy atom. The molecule has 4 N–H and O–H groups in total. The quantitative estimate of drug-likeness (QED) is 0.448. The molecule has 8 heavy (non-hydrogen) atoms. The van der Waals surface area contributed by atoms with Gasteiger partial charge in [0.05, 0.1) is 6.08 Å². The predicted molar refractivity (Wildman–Crippen MR) is 30.7 cm³/mol. The lowest BCUT2D eigenvalue weighted by Gasteiger charge is -1.91. The number of carbonyl (C=O) groups excluding carboxylic acids is 1. The van der Waals surface area contributed by atoms with Crippen molar-refractivity contribution in [2.45, 2.75) is 6.92 Å². The van der Waals surface area contributed by atoms with Gasteiger partial charge in [-0.05, 0) is 6.92 Å². The standard InChI is InChI=1S/C5H10N2O/c1-4(7-2)3-5(6)8/h3,7H,1-2H3,(H2,6,8)/p+1. The molecular formula is C5H11N2O+. The van der Waals surface area contributed by atoms with Gasteiger partial charge in [-0.1, -0.05) is 0 Å². The molecule has 0 aliphatic heterocycles. The minimum absolute atomic E-state index is 0.170. The molecule has 0 atom stereocenters. The second kappa shape index (κ2) is 3.21. The lowest BCUT2D eigenvalue weighted by Crippen LogP contribution is -2.55. The first-order valence-electron chi connectivity index (χ1n) is 2.39. The maximum absolute atomic E-state index is 10.2. The van der Waals surface area contributed by atoms with Gasteiger partial charge in [-0.2, -0.15) is 0 Å². The van der Waals surface area contributed by atoms with Gasteiger partial charge in [0.1, 0.15) is 0 Å². The van der Waals surface area contributed by atoms with Crippen molar-refractivity contribution in [3.63, 3.8) is 0 Å². The summed E-state index contributed by atoms with van der Waals surface area (Å²) in [5.74, 6) is -0.170. The Bertz CT molecular complexity index is 118. The molecule has 0 fully saturated rings. The first-order valence-corrected chi connectivity index (χ1v) is 2.39. The second-order valence-corrected chi connectivity index (χ2v) is 1.54. The van der Waals surface area contributed by atoms with Crippen molar-refractivity contribution in [2.24, 2.45) is 0 Å². The van der Waals surface area contributed by atoms with E-state index in [4.69, 9.17) is 0 Å². The Hall–Kier alpha value is -0.830. The Labute approximate surface area is 48.6 Å². The molecule has 0 aliphatic rings. The van der Waals surface area contributed by atoms with Crippen molar-refractivity contribution in [3.05, 3.63) is 11.8 Å². The smallest absolute Gasteiger partial charge is 0.335 e. The van der Waals surface area contributed by atoms with Gasteiger partial charge >= 0.3 is 5.91 Å². The van der Waals surface area contributed by atoms with E-state index in [1.54, 1.807) is 7.05 Å². The molecular weight excluding hydrogens is 104 g/mol. The molecule has 0 aromatic carbocycles. The third-order valence-corrected chi connectivity index (χ3v) is 0.772. The van der Waals surface area contributed by atoms with E-state index in [2.05, 4.69) is 11.1 Å². The van der Waals surface area contributed by atoms with Gasteiger partial charge in [-0.3, -0.25) is 5.73 Å². The summed E-state index contributed by atoms with van der Waals surface area (Å²) in [6, 6.07) is 0. The van der Waals surface area contributed by atoms with Crippen LogP contribution in [-0.4, -0.2) is 13.0 Å². The van der Waals surface area contributed by atoms with Crippen LogP contribution in [-0.2, 0) is 4.79 Å². The zero-order valence-electron chi connectivity index (χ0n) is 5.19. The number of carbonyl (C=O) groups is 1. The van der Waals surface area contributed by atoms with Crippen molar-refractivity contribution < 1.29 is 10.5 Å². The van der Waals surface area contributed by atoms with E-state index in [9.17, 15) is 4.79 Å². The maximum atomic E-state index is 10.2. The molecule has 0 spiro atoms. The Morgan fingerprint density at radius 3 is 2.38 bits per heavy atom. The van der Waals surface area contributed by atoms with E-state index in [1.807, 2.05) is 6.92 Å². The van der Waals surface area contributed by atoms with Crippen LogP contribution < -0.4 is 11.1 Å². The summed E-state index contributed by atoms with van der Waals surface area (Å²) < 4.78 is 0. The number of quaternary nitrogens is 1. The summed E-state index contributed by atoms with van der Waals surface area (Å²) in [5, 5.41) is 2.80. The summed E-state index contributed by atoms with van der Waals surface area (Å²) in [7, 11) is 1.76. The first-order chi connectivity index (χ1) is 3.66. The van der Waals surface area contributed by atoms with E-state index < -0.39 is 0 Å². The average molecular weight is 115 g/mol. The summed E-state index contributed by atoms with van der Waals surface area (Å²) in [4.78, 5) is 10.2. The fourth-order valence-electron chi connectivity index (χ4n) is 0.314. The van der Waals surface area contributed by atoms with Gasteiger partial charge in [-0.25, -0.2) is 4.79 Å². The van der Waals surface area contributed by atoms with Crippen molar-refractivity contribution in [2.75, 3.05) is 7.05 Å². The zero-order valence-corrected chi connectivity index (χ0v) is 5.19. The van der Waals surface area contributed by atoms with Gasteiger partial charge < -0.3 is 5.32 Å². The summed E-state index contributed by atoms with van der Waals surface area (Å²) >= 11 is 0. The number of hydrogen-bond acceptors (Lipinski definition) is 2. The molecule has 0 bridgehead atoms. The number of nitrogens with one attached hydrogen (secondary N) is 1. The van der Waals surface area contributed by atoms with Crippen molar-refractivity contribution in [3.8, 4) is 0 Å². The van der Waals surface area contributed by atoms with Gasteiger partial charge in [0.2, 0.25) is 0 Å². The highest BCUT2D eigenvalue weighted by Crippen LogP contribution is 1.78. The van der Waals surface area contributed by atoms with Crippen LogP contribution in [0.4, 0.5) is 0 Å². The van der Waals surface area contributed by atoms with E-state index in [1.165, 1.54) is 6.08 Å². The highest BCUT2D eigenvalue weighted by molar-refractivity contribution is 5.78. The van der Waals surface area contributed by atoms with Crippen molar-refractivity contribution in [1.29, 1.82) is 0 Å².